The van der Waals surface area contributed by atoms with Gasteiger partial charge in [0.05, 0.1) is 16.4 Å². The molecule has 30 heavy (non-hydrogen) atoms. The van der Waals surface area contributed by atoms with Crippen LogP contribution in [0.25, 0.3) is 15.9 Å². The number of aryl methyl sites for hydroxylation is 4. The van der Waals surface area contributed by atoms with E-state index in [-0.39, 0.29) is 17.9 Å². The predicted molar refractivity (Wildman–Crippen MR) is 117 cm³/mol. The van der Waals surface area contributed by atoms with Crippen molar-refractivity contribution >= 4 is 44.1 Å². The normalized spacial score (nSPS) is 11.3. The highest BCUT2D eigenvalue weighted by molar-refractivity contribution is 7.22. The van der Waals surface area contributed by atoms with Crippen molar-refractivity contribution in [2.75, 3.05) is 5.32 Å². The summed E-state index contributed by atoms with van der Waals surface area (Å²) in [6, 6.07) is 4.16. The topological polar surface area (TPSA) is 115 Å². The van der Waals surface area contributed by atoms with Crippen molar-refractivity contribution in [3.63, 3.8) is 0 Å². The first-order chi connectivity index (χ1) is 14.2. The molecule has 0 bridgehead atoms. The number of nitrogens with two attached hydrogens (primary N) is 1. The van der Waals surface area contributed by atoms with Crippen molar-refractivity contribution in [2.24, 2.45) is 5.73 Å². The molecule has 0 atom stereocenters. The maximum atomic E-state index is 12.5. The second kappa shape index (κ2) is 7.49. The fourth-order valence-electron chi connectivity index (χ4n) is 3.69. The smallest absolute Gasteiger partial charge is 0.254 e. The van der Waals surface area contributed by atoms with Crippen LogP contribution in [-0.2, 0) is 11.2 Å². The number of anilines is 1. The van der Waals surface area contributed by atoms with E-state index in [1.807, 2.05) is 27.7 Å². The van der Waals surface area contributed by atoms with Crippen molar-refractivity contribution < 1.29 is 9.59 Å². The van der Waals surface area contributed by atoms with Gasteiger partial charge in [-0.25, -0.2) is 14.5 Å². The van der Waals surface area contributed by atoms with Crippen molar-refractivity contribution in [1.29, 1.82) is 0 Å². The molecule has 0 fully saturated rings. The summed E-state index contributed by atoms with van der Waals surface area (Å²) in [5.41, 5.74) is 11.8. The van der Waals surface area contributed by atoms with Gasteiger partial charge in [-0.1, -0.05) is 17.4 Å². The van der Waals surface area contributed by atoms with Gasteiger partial charge in [-0.15, -0.1) is 0 Å². The van der Waals surface area contributed by atoms with Crippen molar-refractivity contribution in [1.82, 2.24) is 19.6 Å². The first-order valence-electron chi connectivity index (χ1n) is 9.56. The number of hydrogen-bond acceptors (Lipinski definition) is 6. The third-order valence-corrected chi connectivity index (χ3v) is 6.07. The molecule has 3 heterocycles. The number of nitrogens with zero attached hydrogens (tertiary/aromatic N) is 4. The number of rotatable bonds is 5. The van der Waals surface area contributed by atoms with Crippen LogP contribution in [-0.4, -0.2) is 31.4 Å². The summed E-state index contributed by atoms with van der Waals surface area (Å²) in [6.45, 7) is 7.82. The highest BCUT2D eigenvalue weighted by Gasteiger charge is 2.17. The molecule has 3 aromatic heterocycles. The first-order valence-corrected chi connectivity index (χ1v) is 10.4. The molecule has 1 aromatic carbocycles. The van der Waals surface area contributed by atoms with E-state index in [1.165, 1.54) is 23.1 Å². The number of thiazole rings is 1. The Kier molecular flexibility index (Phi) is 4.98. The number of amides is 2. The van der Waals surface area contributed by atoms with Crippen molar-refractivity contribution in [3.05, 3.63) is 52.0 Å². The van der Waals surface area contributed by atoms with E-state index < -0.39 is 5.91 Å². The molecule has 0 saturated heterocycles. The van der Waals surface area contributed by atoms with Crippen LogP contribution in [0.4, 0.5) is 5.13 Å². The lowest BCUT2D eigenvalue weighted by atomic mass is 10.1. The zero-order chi connectivity index (χ0) is 21.6. The molecule has 154 valence electrons. The molecular formula is C21H22N6O2S. The number of nitrogens with one attached hydrogen (secondary N) is 1. The van der Waals surface area contributed by atoms with Crippen LogP contribution in [0.2, 0.25) is 0 Å². The third kappa shape index (κ3) is 3.52. The lowest BCUT2D eigenvalue weighted by molar-refractivity contribution is -0.116. The van der Waals surface area contributed by atoms with Gasteiger partial charge in [-0.3, -0.25) is 9.59 Å². The number of benzene rings is 1. The van der Waals surface area contributed by atoms with Gasteiger partial charge in [0.15, 0.2) is 10.8 Å². The summed E-state index contributed by atoms with van der Waals surface area (Å²) in [5.74, 6) is -0.676. The molecule has 3 N–H and O–H groups in total. The van der Waals surface area contributed by atoms with Gasteiger partial charge in [0.25, 0.3) is 5.91 Å². The second-order valence-corrected chi connectivity index (χ2v) is 8.45. The molecule has 0 spiro atoms. The molecule has 2 amide bonds. The zero-order valence-electron chi connectivity index (χ0n) is 17.2. The number of carbonyl (C=O) groups excluding carboxylic acids is 2. The van der Waals surface area contributed by atoms with Crippen molar-refractivity contribution in [3.8, 4) is 0 Å². The summed E-state index contributed by atoms with van der Waals surface area (Å²) in [7, 11) is 0. The second-order valence-electron chi connectivity index (χ2n) is 7.41. The number of fused-ring (bicyclic) bond motifs is 2. The SMILES string of the molecule is Cc1cc(C)c2nc(NC(=O)CCc3c(C)nc4c(C(N)=O)cnn4c3C)sc2c1. The Morgan fingerprint density at radius 1 is 1.17 bits per heavy atom. The highest BCUT2D eigenvalue weighted by Crippen LogP contribution is 2.29. The number of primary amides is 1. The molecule has 0 aliphatic rings. The van der Waals surface area contributed by atoms with Crippen LogP contribution in [0.15, 0.2) is 18.3 Å². The molecule has 9 heteroatoms. The van der Waals surface area contributed by atoms with E-state index in [9.17, 15) is 9.59 Å². The summed E-state index contributed by atoms with van der Waals surface area (Å²) >= 11 is 1.48. The molecule has 8 nitrogen and oxygen atoms in total. The lowest BCUT2D eigenvalue weighted by Gasteiger charge is -2.11. The lowest BCUT2D eigenvalue weighted by Crippen LogP contribution is -2.15. The van der Waals surface area contributed by atoms with E-state index in [0.717, 1.165) is 32.7 Å². The zero-order valence-corrected chi connectivity index (χ0v) is 18.1. The molecule has 0 aliphatic heterocycles. The largest absolute Gasteiger partial charge is 0.365 e. The first kappa shape index (κ1) is 20.0. The maximum Gasteiger partial charge on any atom is 0.254 e. The Hall–Kier alpha value is -3.33. The third-order valence-electron chi connectivity index (χ3n) is 5.15. The fourth-order valence-corrected chi connectivity index (χ4v) is 4.75. The van der Waals surface area contributed by atoms with E-state index in [4.69, 9.17) is 5.73 Å². The Morgan fingerprint density at radius 2 is 1.93 bits per heavy atom. The van der Waals surface area contributed by atoms with Crippen LogP contribution in [0.3, 0.4) is 0 Å². The number of aromatic nitrogens is 4. The average Bonchev–Trinajstić information content (AvgIpc) is 3.25. The van der Waals surface area contributed by atoms with Gasteiger partial charge < -0.3 is 11.1 Å². The van der Waals surface area contributed by atoms with Gasteiger partial charge in [-0.2, -0.15) is 5.10 Å². The van der Waals surface area contributed by atoms with E-state index >= 15 is 0 Å². The van der Waals surface area contributed by atoms with Crippen LogP contribution in [0.1, 0.15) is 44.9 Å². The Balaban J connectivity index is 1.52. The predicted octanol–water partition coefficient (Wildman–Crippen LogP) is 3.24. The minimum Gasteiger partial charge on any atom is -0.365 e. The summed E-state index contributed by atoms with van der Waals surface area (Å²) in [4.78, 5) is 33.1. The number of carbonyl (C=O) groups is 2. The molecule has 0 unspecified atom stereocenters. The molecule has 0 radical (unpaired) electrons. The molecule has 0 aliphatic carbocycles. The summed E-state index contributed by atoms with van der Waals surface area (Å²) in [6.07, 6.45) is 2.21. The van der Waals surface area contributed by atoms with Gasteiger partial charge in [0, 0.05) is 17.8 Å². The van der Waals surface area contributed by atoms with Gasteiger partial charge in [0.2, 0.25) is 5.91 Å². The highest BCUT2D eigenvalue weighted by atomic mass is 32.1. The summed E-state index contributed by atoms with van der Waals surface area (Å²) in [5, 5.41) is 7.73. The molecule has 4 aromatic rings. The Labute approximate surface area is 177 Å². The minimum atomic E-state index is -0.565. The van der Waals surface area contributed by atoms with Crippen LogP contribution in [0, 0.1) is 27.7 Å². The monoisotopic (exact) mass is 422 g/mol. The average molecular weight is 423 g/mol. The van der Waals surface area contributed by atoms with E-state index in [0.29, 0.717) is 17.2 Å². The molecular weight excluding hydrogens is 400 g/mol. The quantitative estimate of drug-likeness (QED) is 0.512. The molecule has 0 saturated carbocycles. The standard InChI is InChI=1S/C21H22N6O2S/c1-10-7-11(2)18-16(8-10)30-21(26-18)25-17(28)6-5-14-12(3)24-20-15(19(22)29)9-23-27(20)13(14)4/h7-9H,5-6H2,1-4H3,(H2,22,29)(H,25,26,28). The van der Waals surface area contributed by atoms with Gasteiger partial charge >= 0.3 is 0 Å². The van der Waals surface area contributed by atoms with Gasteiger partial charge in [0.1, 0.15) is 5.56 Å². The fraction of sp³-hybridized carbons (Fsp3) is 0.286. The van der Waals surface area contributed by atoms with Crippen LogP contribution in [0.5, 0.6) is 0 Å². The minimum absolute atomic E-state index is 0.111. The van der Waals surface area contributed by atoms with Gasteiger partial charge in [-0.05, 0) is 56.9 Å². The summed E-state index contributed by atoms with van der Waals surface area (Å²) < 4.78 is 2.66. The van der Waals surface area contributed by atoms with Crippen molar-refractivity contribution in [2.45, 2.75) is 40.5 Å². The van der Waals surface area contributed by atoms with Crippen LogP contribution < -0.4 is 11.1 Å². The Bertz CT molecular complexity index is 1320. The molecule has 4 rings (SSSR count). The van der Waals surface area contributed by atoms with E-state index in [1.54, 1.807) is 4.52 Å². The van der Waals surface area contributed by atoms with E-state index in [2.05, 4.69) is 32.5 Å². The maximum absolute atomic E-state index is 12.5. The van der Waals surface area contributed by atoms with Crippen LogP contribution >= 0.6 is 11.3 Å². The number of hydrogen-bond donors (Lipinski definition) is 2. The Morgan fingerprint density at radius 3 is 2.67 bits per heavy atom.